The Balaban J connectivity index is 1.89. The Morgan fingerprint density at radius 2 is 1.64 bits per heavy atom. The lowest BCUT2D eigenvalue weighted by atomic mass is 9.68. The molecule has 0 aromatic carbocycles. The van der Waals surface area contributed by atoms with Crippen molar-refractivity contribution in [3.8, 4) is 0 Å². The van der Waals surface area contributed by atoms with Gasteiger partial charge in [0.1, 0.15) is 7.11 Å². The van der Waals surface area contributed by atoms with Crippen molar-refractivity contribution >= 4 is 5.71 Å². The van der Waals surface area contributed by atoms with E-state index in [0.717, 1.165) is 23.7 Å². The van der Waals surface area contributed by atoms with Crippen LogP contribution in [-0.4, -0.2) is 12.8 Å². The van der Waals surface area contributed by atoms with Gasteiger partial charge in [-0.05, 0) is 56.3 Å². The third kappa shape index (κ3) is 1.35. The maximum atomic E-state index is 4.98. The van der Waals surface area contributed by atoms with Crippen LogP contribution in [0.2, 0.25) is 0 Å². The molecule has 0 saturated heterocycles. The van der Waals surface area contributed by atoms with Gasteiger partial charge in [0.05, 0.1) is 5.71 Å². The first-order valence-corrected chi connectivity index (χ1v) is 5.95. The first-order valence-electron chi connectivity index (χ1n) is 5.95. The average Bonchev–Trinajstić information content (AvgIpc) is 2.32. The molecule has 4 aliphatic carbocycles. The van der Waals surface area contributed by atoms with Crippen molar-refractivity contribution in [1.29, 1.82) is 0 Å². The first-order chi connectivity index (χ1) is 6.85. The zero-order chi connectivity index (χ0) is 9.54. The van der Waals surface area contributed by atoms with E-state index in [1.54, 1.807) is 7.11 Å². The Hall–Kier alpha value is -0.530. The molecule has 4 rings (SSSR count). The smallest absolute Gasteiger partial charge is 0.106 e. The molecule has 0 aliphatic heterocycles. The topological polar surface area (TPSA) is 21.6 Å². The van der Waals surface area contributed by atoms with Crippen molar-refractivity contribution in [1.82, 2.24) is 0 Å². The van der Waals surface area contributed by atoms with Gasteiger partial charge in [-0.3, -0.25) is 0 Å². The lowest BCUT2D eigenvalue weighted by Crippen LogP contribution is -2.28. The molecule has 0 spiro atoms. The summed E-state index contributed by atoms with van der Waals surface area (Å²) in [6.45, 7) is 0. The van der Waals surface area contributed by atoms with Crippen molar-refractivity contribution in [3.63, 3.8) is 0 Å². The quantitative estimate of drug-likeness (QED) is 0.587. The summed E-state index contributed by atoms with van der Waals surface area (Å²) in [5, 5.41) is 4.26. The summed E-state index contributed by atoms with van der Waals surface area (Å²) in [6.07, 6.45) is 8.47. The average molecular weight is 193 g/mol. The van der Waals surface area contributed by atoms with E-state index in [2.05, 4.69) is 5.16 Å². The van der Waals surface area contributed by atoms with Gasteiger partial charge in [-0.25, -0.2) is 0 Å². The van der Waals surface area contributed by atoms with Crippen molar-refractivity contribution in [2.45, 2.75) is 38.5 Å². The van der Waals surface area contributed by atoms with Gasteiger partial charge < -0.3 is 4.84 Å². The molecule has 4 fully saturated rings. The van der Waals surface area contributed by atoms with Crippen LogP contribution in [-0.2, 0) is 4.84 Å². The SMILES string of the molecule is CON=C1CC2CC3CC(C2)CC1C3. The maximum Gasteiger partial charge on any atom is 0.106 e. The van der Waals surface area contributed by atoms with Crippen LogP contribution in [0.15, 0.2) is 5.16 Å². The summed E-state index contributed by atoms with van der Waals surface area (Å²) in [4.78, 5) is 4.98. The number of hydrogen-bond donors (Lipinski definition) is 0. The Morgan fingerprint density at radius 1 is 1.00 bits per heavy atom. The van der Waals surface area contributed by atoms with Crippen LogP contribution in [0.3, 0.4) is 0 Å². The summed E-state index contributed by atoms with van der Waals surface area (Å²) < 4.78 is 0. The van der Waals surface area contributed by atoms with E-state index in [4.69, 9.17) is 4.84 Å². The predicted molar refractivity (Wildman–Crippen MR) is 56.1 cm³/mol. The molecule has 4 bridgehead atoms. The molecule has 0 aromatic rings. The van der Waals surface area contributed by atoms with Gasteiger partial charge in [-0.15, -0.1) is 0 Å². The summed E-state index contributed by atoms with van der Waals surface area (Å²) in [5.74, 6) is 3.73. The number of nitrogens with zero attached hydrogens (tertiary/aromatic N) is 1. The zero-order valence-electron chi connectivity index (χ0n) is 8.91. The van der Waals surface area contributed by atoms with E-state index in [-0.39, 0.29) is 0 Å². The predicted octanol–water partition coefficient (Wildman–Crippen LogP) is 2.84. The minimum absolute atomic E-state index is 0.770. The van der Waals surface area contributed by atoms with Gasteiger partial charge >= 0.3 is 0 Å². The highest BCUT2D eigenvalue weighted by Gasteiger charge is 2.42. The number of oxime groups is 1. The van der Waals surface area contributed by atoms with E-state index < -0.39 is 0 Å². The van der Waals surface area contributed by atoms with Gasteiger partial charge in [-0.1, -0.05) is 5.16 Å². The molecule has 2 atom stereocenters. The molecule has 0 radical (unpaired) electrons. The van der Waals surface area contributed by atoms with E-state index >= 15 is 0 Å². The van der Waals surface area contributed by atoms with Gasteiger partial charge in [0.2, 0.25) is 0 Å². The molecule has 2 nitrogen and oxygen atoms in total. The Bertz CT molecular complexity index is 247. The summed E-state index contributed by atoms with van der Waals surface area (Å²) in [5.41, 5.74) is 1.38. The van der Waals surface area contributed by atoms with Crippen LogP contribution in [0, 0.1) is 23.7 Å². The van der Waals surface area contributed by atoms with E-state index in [0.29, 0.717) is 0 Å². The normalized spacial score (nSPS) is 48.2. The van der Waals surface area contributed by atoms with E-state index in [1.807, 2.05) is 0 Å². The fourth-order valence-corrected chi connectivity index (χ4v) is 4.12. The molecule has 2 unspecified atom stereocenters. The van der Waals surface area contributed by atoms with Crippen LogP contribution in [0.4, 0.5) is 0 Å². The molecule has 78 valence electrons. The Morgan fingerprint density at radius 3 is 2.29 bits per heavy atom. The highest BCUT2D eigenvalue weighted by molar-refractivity contribution is 5.87. The summed E-state index contributed by atoms with van der Waals surface area (Å²) >= 11 is 0. The monoisotopic (exact) mass is 193 g/mol. The lowest BCUT2D eigenvalue weighted by molar-refractivity contribution is 0.139. The fraction of sp³-hybridized carbons (Fsp3) is 0.917. The minimum atomic E-state index is 0.770. The van der Waals surface area contributed by atoms with E-state index in [1.165, 1.54) is 44.2 Å². The first kappa shape index (κ1) is 8.75. The largest absolute Gasteiger partial charge is 0.399 e. The van der Waals surface area contributed by atoms with Gasteiger partial charge in [0.25, 0.3) is 0 Å². The molecule has 0 aromatic heterocycles. The number of fused-ring (bicyclic) bond motifs is 1. The molecule has 0 amide bonds. The molecule has 0 N–H and O–H groups in total. The van der Waals surface area contributed by atoms with Gasteiger partial charge in [0, 0.05) is 5.92 Å². The van der Waals surface area contributed by atoms with Gasteiger partial charge in [-0.2, -0.15) is 0 Å². The second kappa shape index (κ2) is 3.25. The fourth-order valence-electron chi connectivity index (χ4n) is 4.12. The summed E-state index contributed by atoms with van der Waals surface area (Å²) in [7, 11) is 1.68. The molecule has 0 heterocycles. The van der Waals surface area contributed by atoms with Crippen molar-refractivity contribution in [2.75, 3.05) is 7.11 Å². The summed E-state index contributed by atoms with van der Waals surface area (Å²) in [6, 6.07) is 0. The lowest BCUT2D eigenvalue weighted by Gasteiger charge is -2.37. The van der Waals surface area contributed by atoms with Crippen LogP contribution >= 0.6 is 0 Å². The molecule has 4 saturated carbocycles. The Labute approximate surface area is 85.7 Å². The number of hydrogen-bond acceptors (Lipinski definition) is 2. The van der Waals surface area contributed by atoms with Crippen molar-refractivity contribution < 1.29 is 4.84 Å². The minimum Gasteiger partial charge on any atom is -0.399 e. The van der Waals surface area contributed by atoms with Crippen LogP contribution in [0.5, 0.6) is 0 Å². The highest BCUT2D eigenvalue weighted by Crippen LogP contribution is 2.50. The van der Waals surface area contributed by atoms with E-state index in [9.17, 15) is 0 Å². The standard InChI is InChI=1S/C12H19NO/c1-14-13-12-7-10-3-8-2-9(4-10)6-11(12)5-8/h8-11H,2-7H2,1H3. The molecule has 4 aliphatic rings. The maximum absolute atomic E-state index is 4.98. The van der Waals surface area contributed by atoms with Crippen LogP contribution in [0.1, 0.15) is 38.5 Å². The van der Waals surface area contributed by atoms with Crippen LogP contribution < -0.4 is 0 Å². The molecular formula is C12H19NO. The zero-order valence-corrected chi connectivity index (χ0v) is 8.91. The Kier molecular flexibility index (Phi) is 2.03. The third-order valence-corrected chi connectivity index (χ3v) is 4.41. The molecular weight excluding hydrogens is 174 g/mol. The van der Waals surface area contributed by atoms with Crippen molar-refractivity contribution in [3.05, 3.63) is 0 Å². The van der Waals surface area contributed by atoms with Crippen molar-refractivity contribution in [2.24, 2.45) is 28.8 Å². The second-order valence-electron chi connectivity index (χ2n) is 5.44. The third-order valence-electron chi connectivity index (χ3n) is 4.41. The number of rotatable bonds is 1. The van der Waals surface area contributed by atoms with Crippen LogP contribution in [0.25, 0.3) is 0 Å². The van der Waals surface area contributed by atoms with Gasteiger partial charge in [0.15, 0.2) is 0 Å². The molecule has 2 heteroatoms. The molecule has 14 heavy (non-hydrogen) atoms. The highest BCUT2D eigenvalue weighted by atomic mass is 16.6. The second-order valence-corrected chi connectivity index (χ2v) is 5.44.